The van der Waals surface area contributed by atoms with Gasteiger partial charge in [0.25, 0.3) is 11.6 Å². The monoisotopic (exact) mass is 598 g/mol. The predicted octanol–water partition coefficient (Wildman–Crippen LogP) is 2.57. The summed E-state index contributed by atoms with van der Waals surface area (Å²) in [4.78, 5) is 51.2. The second kappa shape index (κ2) is 12.9. The van der Waals surface area contributed by atoms with Gasteiger partial charge in [0.05, 0.1) is 27.8 Å². The molecule has 1 aliphatic rings. The van der Waals surface area contributed by atoms with Crippen molar-refractivity contribution < 1.29 is 24.0 Å². The molecule has 1 aromatic heterocycles. The summed E-state index contributed by atoms with van der Waals surface area (Å²) in [5.74, 6) is -1.34. The SMILES string of the molecule is CCOC(=O)Cn1cc2c(n1)CCN(C(=O)[C@H](Cc1ccc([N+](=O)[O-])cc1)NC(=O)c1ccc(C(N)=S)cc1Cl)C2. The van der Waals surface area contributed by atoms with Gasteiger partial charge in [0.2, 0.25) is 5.91 Å². The van der Waals surface area contributed by atoms with Crippen LogP contribution < -0.4 is 11.1 Å². The zero-order valence-electron chi connectivity index (χ0n) is 22.0. The number of fused-ring (bicyclic) bond motifs is 1. The Morgan fingerprint density at radius 1 is 1.24 bits per heavy atom. The third-order valence-electron chi connectivity index (χ3n) is 6.50. The van der Waals surface area contributed by atoms with E-state index in [1.165, 1.54) is 28.9 Å². The molecule has 214 valence electrons. The first-order valence-corrected chi connectivity index (χ1v) is 13.5. The minimum atomic E-state index is -1.01. The number of ether oxygens (including phenoxy) is 1. The first kappa shape index (κ1) is 29.6. The molecule has 2 amide bonds. The Kier molecular flexibility index (Phi) is 9.30. The number of nitrogens with zero attached hydrogens (tertiary/aromatic N) is 4. The molecule has 1 aliphatic heterocycles. The van der Waals surface area contributed by atoms with E-state index in [4.69, 9.17) is 34.3 Å². The van der Waals surface area contributed by atoms with Crippen molar-refractivity contribution in [1.82, 2.24) is 20.0 Å². The molecular formula is C27H27ClN6O6S. The van der Waals surface area contributed by atoms with Gasteiger partial charge in [-0.15, -0.1) is 0 Å². The quantitative estimate of drug-likeness (QED) is 0.154. The summed E-state index contributed by atoms with van der Waals surface area (Å²) < 4.78 is 6.47. The van der Waals surface area contributed by atoms with Crippen molar-refractivity contribution in [3.63, 3.8) is 0 Å². The van der Waals surface area contributed by atoms with E-state index >= 15 is 0 Å². The van der Waals surface area contributed by atoms with Crippen LogP contribution in [0.2, 0.25) is 5.02 Å². The molecule has 0 fully saturated rings. The summed E-state index contributed by atoms with van der Waals surface area (Å²) >= 11 is 11.3. The summed E-state index contributed by atoms with van der Waals surface area (Å²) in [5, 5.41) is 18.4. The molecule has 0 aliphatic carbocycles. The number of carbonyl (C=O) groups excluding carboxylic acids is 3. The fourth-order valence-corrected chi connectivity index (χ4v) is 4.87. The van der Waals surface area contributed by atoms with Crippen LogP contribution in [0.5, 0.6) is 0 Å². The summed E-state index contributed by atoms with van der Waals surface area (Å²) in [6.45, 7) is 2.52. The highest BCUT2D eigenvalue weighted by molar-refractivity contribution is 7.80. The minimum absolute atomic E-state index is 0.0396. The van der Waals surface area contributed by atoms with Crippen LogP contribution in [0.1, 0.15) is 39.7 Å². The minimum Gasteiger partial charge on any atom is -0.465 e. The standard InChI is InChI=1S/C27H27ClN6O6S/c1-2-40-24(35)15-33-14-18-13-32(10-9-22(18)31-33)27(37)23(11-16-3-6-19(7-4-16)34(38)39)30-26(36)20-8-5-17(25(29)41)12-21(20)28/h3-8,12,14,23H,2,9-11,13,15H2,1H3,(H2,29,41)(H,30,36)/t23-/m0/s1. The van der Waals surface area contributed by atoms with Crippen LogP contribution >= 0.6 is 23.8 Å². The number of thiocarbonyl (C=S) groups is 1. The van der Waals surface area contributed by atoms with Crippen LogP contribution in [0.15, 0.2) is 48.7 Å². The number of carbonyl (C=O) groups is 3. The lowest BCUT2D eigenvalue weighted by atomic mass is 10.0. The third kappa shape index (κ3) is 7.24. The Labute approximate surface area is 245 Å². The fourth-order valence-electron chi connectivity index (χ4n) is 4.48. The van der Waals surface area contributed by atoms with Gasteiger partial charge in [0.1, 0.15) is 17.6 Å². The van der Waals surface area contributed by atoms with E-state index in [-0.39, 0.29) is 53.3 Å². The van der Waals surface area contributed by atoms with Gasteiger partial charge < -0.3 is 20.7 Å². The lowest BCUT2D eigenvalue weighted by Gasteiger charge is -2.30. The second-order valence-electron chi connectivity index (χ2n) is 9.33. The molecule has 2 heterocycles. The van der Waals surface area contributed by atoms with Crippen molar-refractivity contribution >= 4 is 52.3 Å². The molecule has 0 saturated heterocycles. The van der Waals surface area contributed by atoms with Crippen LogP contribution in [-0.4, -0.2) is 61.6 Å². The number of nitro groups is 1. The number of nitrogens with one attached hydrogen (secondary N) is 1. The maximum atomic E-state index is 13.8. The molecule has 3 aromatic rings. The van der Waals surface area contributed by atoms with E-state index < -0.39 is 22.8 Å². The molecule has 0 saturated carbocycles. The first-order valence-electron chi connectivity index (χ1n) is 12.7. The highest BCUT2D eigenvalue weighted by atomic mass is 35.5. The number of amides is 2. The van der Waals surface area contributed by atoms with Crippen LogP contribution in [0, 0.1) is 10.1 Å². The van der Waals surface area contributed by atoms with Crippen molar-refractivity contribution in [1.29, 1.82) is 0 Å². The molecule has 14 heteroatoms. The van der Waals surface area contributed by atoms with Crippen LogP contribution in [0.25, 0.3) is 0 Å². The molecule has 1 atom stereocenters. The number of hydrogen-bond acceptors (Lipinski definition) is 8. The number of benzene rings is 2. The van der Waals surface area contributed by atoms with Gasteiger partial charge in [-0.25, -0.2) is 0 Å². The van der Waals surface area contributed by atoms with Gasteiger partial charge in [0.15, 0.2) is 0 Å². The molecule has 3 N–H and O–H groups in total. The van der Waals surface area contributed by atoms with E-state index in [1.54, 1.807) is 36.2 Å². The number of esters is 1. The maximum Gasteiger partial charge on any atom is 0.327 e. The topological polar surface area (TPSA) is 163 Å². The smallest absolute Gasteiger partial charge is 0.327 e. The van der Waals surface area contributed by atoms with Crippen LogP contribution in [-0.2, 0) is 40.3 Å². The number of nitro benzene ring substituents is 1. The summed E-state index contributed by atoms with van der Waals surface area (Å²) in [7, 11) is 0. The van der Waals surface area contributed by atoms with E-state index in [0.717, 1.165) is 11.3 Å². The number of rotatable bonds is 10. The Morgan fingerprint density at radius 3 is 2.61 bits per heavy atom. The second-order valence-corrected chi connectivity index (χ2v) is 10.2. The van der Waals surface area contributed by atoms with Crippen molar-refractivity contribution in [2.24, 2.45) is 5.73 Å². The lowest BCUT2D eigenvalue weighted by Crippen LogP contribution is -2.50. The molecule has 2 aromatic carbocycles. The van der Waals surface area contributed by atoms with Crippen molar-refractivity contribution in [3.8, 4) is 0 Å². The average Bonchev–Trinajstić information content (AvgIpc) is 3.33. The van der Waals surface area contributed by atoms with Gasteiger partial charge in [-0.05, 0) is 24.6 Å². The van der Waals surface area contributed by atoms with Gasteiger partial charge in [0, 0.05) is 55.4 Å². The predicted molar refractivity (Wildman–Crippen MR) is 153 cm³/mol. The third-order valence-corrected chi connectivity index (χ3v) is 7.05. The number of halogens is 1. The highest BCUT2D eigenvalue weighted by Gasteiger charge is 2.31. The molecule has 0 bridgehead atoms. The molecule has 0 unspecified atom stereocenters. The van der Waals surface area contributed by atoms with Gasteiger partial charge in [-0.1, -0.05) is 42.0 Å². The molecule has 4 rings (SSSR count). The summed E-state index contributed by atoms with van der Waals surface area (Å²) in [6.07, 6.45) is 2.25. The zero-order valence-corrected chi connectivity index (χ0v) is 23.6. The average molecular weight is 599 g/mol. The van der Waals surface area contributed by atoms with E-state index in [2.05, 4.69) is 10.4 Å². The van der Waals surface area contributed by atoms with E-state index in [9.17, 15) is 24.5 Å². The van der Waals surface area contributed by atoms with E-state index in [0.29, 0.717) is 24.1 Å². The molecule has 12 nitrogen and oxygen atoms in total. The Balaban J connectivity index is 1.55. The molecular weight excluding hydrogens is 572 g/mol. The number of non-ortho nitro benzene ring substituents is 1. The molecule has 41 heavy (non-hydrogen) atoms. The van der Waals surface area contributed by atoms with Crippen molar-refractivity contribution in [3.05, 3.63) is 91.7 Å². The number of hydrogen-bond donors (Lipinski definition) is 2. The normalized spacial score (nSPS) is 13.2. The van der Waals surface area contributed by atoms with Gasteiger partial charge >= 0.3 is 5.97 Å². The fraction of sp³-hybridized carbons (Fsp3) is 0.296. The maximum absolute atomic E-state index is 13.8. The summed E-state index contributed by atoms with van der Waals surface area (Å²) in [6, 6.07) is 9.29. The van der Waals surface area contributed by atoms with E-state index in [1.807, 2.05) is 0 Å². The first-order chi connectivity index (χ1) is 19.5. The number of aromatic nitrogens is 2. The Bertz CT molecular complexity index is 1510. The van der Waals surface area contributed by atoms with Crippen LogP contribution in [0.3, 0.4) is 0 Å². The van der Waals surface area contributed by atoms with Crippen molar-refractivity contribution in [2.45, 2.75) is 38.9 Å². The van der Waals surface area contributed by atoms with Crippen molar-refractivity contribution in [2.75, 3.05) is 13.2 Å². The van der Waals surface area contributed by atoms with Gasteiger partial charge in [-0.2, -0.15) is 5.10 Å². The van der Waals surface area contributed by atoms with Crippen LogP contribution in [0.4, 0.5) is 5.69 Å². The summed E-state index contributed by atoms with van der Waals surface area (Å²) in [5.41, 5.74) is 8.36. The largest absolute Gasteiger partial charge is 0.465 e. The molecule has 0 spiro atoms. The Morgan fingerprint density at radius 2 is 1.98 bits per heavy atom. The van der Waals surface area contributed by atoms with Gasteiger partial charge in [-0.3, -0.25) is 29.2 Å². The number of nitrogens with two attached hydrogens (primary N) is 1. The Hall–Kier alpha value is -4.36. The molecule has 0 radical (unpaired) electrons. The lowest BCUT2D eigenvalue weighted by molar-refractivity contribution is -0.384. The highest BCUT2D eigenvalue weighted by Crippen LogP contribution is 2.22. The zero-order chi connectivity index (χ0) is 29.7.